The Hall–Kier alpha value is 0.252. The molecule has 3 nitrogen and oxygen atoms in total. The molecule has 0 aromatic heterocycles. The van der Waals surface area contributed by atoms with Gasteiger partial charge in [0.2, 0.25) is 0 Å². The SMILES string of the molecule is C[C@H](O)[Cr](=[O])[OH]. The molecule has 0 radical (unpaired) electrons. The predicted molar refractivity (Wildman–Crippen MR) is 14.6 cm³/mol. The second kappa shape index (κ2) is 2.43. The van der Waals surface area contributed by atoms with Crippen LogP contribution in [0.15, 0.2) is 0 Å². The average molecular weight is 130 g/mol. The molecule has 1 atom stereocenters. The number of hydrogen-bond donors (Lipinski definition) is 2. The molecule has 4 heteroatoms. The molecule has 0 saturated carbocycles. The van der Waals surface area contributed by atoms with Crippen LogP contribution in [0.2, 0.25) is 0 Å². The van der Waals surface area contributed by atoms with Gasteiger partial charge in [-0.3, -0.25) is 0 Å². The Labute approximate surface area is 40.2 Å². The van der Waals surface area contributed by atoms with E-state index >= 15 is 0 Å². The Morgan fingerprint density at radius 1 is 1.83 bits per heavy atom. The van der Waals surface area contributed by atoms with Crippen molar-refractivity contribution in [3.8, 4) is 0 Å². The molecule has 0 aromatic rings. The zero-order valence-electron chi connectivity index (χ0n) is 3.29. The van der Waals surface area contributed by atoms with Crippen molar-refractivity contribution in [1.82, 2.24) is 0 Å². The first-order chi connectivity index (χ1) is 2.64. The Bertz CT molecular complexity index is 59.8. The summed E-state index contributed by atoms with van der Waals surface area (Å²) in [5.41, 5.74) is 0. The number of aliphatic hydroxyl groups excluding tert-OH is 1. The minimum atomic E-state index is -2.83. The van der Waals surface area contributed by atoms with E-state index < -0.39 is 19.4 Å². The van der Waals surface area contributed by atoms with Crippen molar-refractivity contribution >= 4 is 0 Å². The van der Waals surface area contributed by atoms with E-state index in [-0.39, 0.29) is 0 Å². The summed E-state index contributed by atoms with van der Waals surface area (Å²) < 4.78 is 17.6. The molecule has 0 bridgehead atoms. The molecular formula is C2H6CrO3. The molecule has 0 aromatic carbocycles. The van der Waals surface area contributed by atoms with Crippen LogP contribution in [0.5, 0.6) is 0 Å². The normalized spacial score (nSPS) is 15.3. The van der Waals surface area contributed by atoms with Crippen molar-refractivity contribution in [2.45, 2.75) is 11.9 Å². The summed E-state index contributed by atoms with van der Waals surface area (Å²) in [5, 5.41) is 8.12. The zero-order valence-corrected chi connectivity index (χ0v) is 4.56. The van der Waals surface area contributed by atoms with E-state index in [2.05, 4.69) is 0 Å². The van der Waals surface area contributed by atoms with Crippen molar-refractivity contribution in [3.05, 3.63) is 0 Å². The topological polar surface area (TPSA) is 57.5 Å². The van der Waals surface area contributed by atoms with E-state index in [0.29, 0.717) is 0 Å². The second-order valence-corrected chi connectivity index (χ2v) is 2.80. The molecular weight excluding hydrogens is 124 g/mol. The van der Waals surface area contributed by atoms with E-state index in [9.17, 15) is 3.80 Å². The van der Waals surface area contributed by atoms with Gasteiger partial charge in [0.05, 0.1) is 0 Å². The minimum absolute atomic E-state index is 1.02. The fourth-order valence-electron chi connectivity index (χ4n) is 0. The van der Waals surface area contributed by atoms with Crippen molar-refractivity contribution in [2.75, 3.05) is 0 Å². The first-order valence-corrected chi connectivity index (χ1v) is 3.25. The van der Waals surface area contributed by atoms with E-state index in [0.717, 1.165) is 0 Å². The van der Waals surface area contributed by atoms with E-state index in [1.54, 1.807) is 0 Å². The molecule has 0 spiro atoms. The standard InChI is InChI=1S/C2H5O.Cr.H2O.O/c1-2-3;;;/h2-3H,1H3;;1H2;/q;+1;;/p-1. The first-order valence-electron chi connectivity index (χ1n) is 1.42. The fraction of sp³-hybridized carbons (Fsp3) is 1.00. The van der Waals surface area contributed by atoms with Crippen LogP contribution in [0.4, 0.5) is 0 Å². The summed E-state index contributed by atoms with van der Waals surface area (Å²) in [6.45, 7) is 1.29. The van der Waals surface area contributed by atoms with Crippen molar-refractivity contribution in [1.29, 1.82) is 0 Å². The molecule has 0 amide bonds. The van der Waals surface area contributed by atoms with Gasteiger partial charge in [0, 0.05) is 0 Å². The Kier molecular flexibility index (Phi) is 2.53. The Morgan fingerprint density at radius 3 is 2.00 bits per heavy atom. The third-order valence-corrected chi connectivity index (χ3v) is 1.20. The molecule has 0 fully saturated rings. The van der Waals surface area contributed by atoms with Crippen LogP contribution in [0.1, 0.15) is 6.92 Å². The second-order valence-electron chi connectivity index (χ2n) is 0.875. The quantitative estimate of drug-likeness (QED) is 0.488. The van der Waals surface area contributed by atoms with Crippen molar-refractivity contribution in [2.24, 2.45) is 0 Å². The van der Waals surface area contributed by atoms with E-state index in [1.165, 1.54) is 6.92 Å². The fourth-order valence-corrected chi connectivity index (χ4v) is 0. The molecule has 0 unspecified atom stereocenters. The molecule has 6 heavy (non-hydrogen) atoms. The summed E-state index contributed by atoms with van der Waals surface area (Å²) in [7, 11) is 0. The third-order valence-electron chi connectivity index (χ3n) is 0.292. The monoisotopic (exact) mass is 130 g/mol. The molecule has 0 rings (SSSR count). The van der Waals surface area contributed by atoms with Gasteiger partial charge in [-0.15, -0.1) is 0 Å². The summed E-state index contributed by atoms with van der Waals surface area (Å²) in [5.74, 6) is 0. The van der Waals surface area contributed by atoms with Gasteiger partial charge >= 0.3 is 39.4 Å². The third kappa shape index (κ3) is 2.49. The molecule has 0 aliphatic rings. The van der Waals surface area contributed by atoms with Crippen LogP contribution >= 0.6 is 0 Å². The molecule has 0 aliphatic heterocycles. The van der Waals surface area contributed by atoms with E-state index in [4.69, 9.17) is 9.26 Å². The van der Waals surface area contributed by atoms with Crippen LogP contribution in [0.25, 0.3) is 0 Å². The van der Waals surface area contributed by atoms with Gasteiger partial charge in [-0.05, 0) is 0 Å². The molecule has 0 saturated heterocycles. The van der Waals surface area contributed by atoms with Gasteiger partial charge in [-0.1, -0.05) is 0 Å². The average Bonchev–Trinajstić information content (AvgIpc) is 1.36. The van der Waals surface area contributed by atoms with Crippen LogP contribution in [0.3, 0.4) is 0 Å². The van der Waals surface area contributed by atoms with E-state index in [1.807, 2.05) is 0 Å². The Balaban J connectivity index is 3.26. The summed E-state index contributed by atoms with van der Waals surface area (Å²) in [6.07, 6.45) is 0. The maximum atomic E-state index is 9.66. The van der Waals surface area contributed by atoms with Crippen LogP contribution in [-0.4, -0.2) is 14.2 Å². The Morgan fingerprint density at radius 2 is 2.00 bits per heavy atom. The summed E-state index contributed by atoms with van der Waals surface area (Å²) >= 11 is -2.83. The van der Waals surface area contributed by atoms with Crippen LogP contribution < -0.4 is 0 Å². The number of rotatable bonds is 1. The van der Waals surface area contributed by atoms with Gasteiger partial charge in [-0.2, -0.15) is 0 Å². The first kappa shape index (κ1) is 6.25. The van der Waals surface area contributed by atoms with Crippen LogP contribution in [0, 0.1) is 0 Å². The van der Waals surface area contributed by atoms with Gasteiger partial charge in [0.25, 0.3) is 0 Å². The number of hydrogen-bond acceptors (Lipinski definition) is 2. The van der Waals surface area contributed by atoms with Crippen molar-refractivity contribution < 1.29 is 27.5 Å². The molecule has 38 valence electrons. The molecule has 2 N–H and O–H groups in total. The maximum absolute atomic E-state index is 9.66. The van der Waals surface area contributed by atoms with Gasteiger partial charge in [-0.25, -0.2) is 0 Å². The van der Waals surface area contributed by atoms with Gasteiger partial charge in [0.15, 0.2) is 0 Å². The molecule has 0 aliphatic carbocycles. The summed E-state index contributed by atoms with van der Waals surface area (Å²) in [6, 6.07) is 0. The predicted octanol–water partition coefficient (Wildman–Crippen LogP) is -0.804. The zero-order chi connectivity index (χ0) is 5.15. The van der Waals surface area contributed by atoms with Crippen molar-refractivity contribution in [3.63, 3.8) is 0 Å². The van der Waals surface area contributed by atoms with Gasteiger partial charge < -0.3 is 0 Å². The summed E-state index contributed by atoms with van der Waals surface area (Å²) in [4.78, 5) is -1.02. The van der Waals surface area contributed by atoms with Crippen LogP contribution in [-0.2, 0) is 18.2 Å². The molecule has 0 heterocycles. The van der Waals surface area contributed by atoms with Gasteiger partial charge in [0.1, 0.15) is 0 Å². The number of aliphatic hydroxyl groups is 1.